The van der Waals surface area contributed by atoms with Gasteiger partial charge in [0.2, 0.25) is 0 Å². The van der Waals surface area contributed by atoms with Gasteiger partial charge in [0.1, 0.15) is 18.5 Å². The molecule has 25 heavy (non-hydrogen) atoms. The van der Waals surface area contributed by atoms with Crippen LogP contribution in [0.3, 0.4) is 0 Å². The van der Waals surface area contributed by atoms with Gasteiger partial charge in [-0.05, 0) is 13.0 Å². The highest BCUT2D eigenvalue weighted by molar-refractivity contribution is 5.47. The number of hydrogen-bond acceptors (Lipinski definition) is 7. The average Bonchev–Trinajstić information content (AvgIpc) is 3.09. The summed E-state index contributed by atoms with van der Waals surface area (Å²) in [5, 5.41) is 4.37. The Labute approximate surface area is 144 Å². The van der Waals surface area contributed by atoms with E-state index in [4.69, 9.17) is 0 Å². The van der Waals surface area contributed by atoms with Gasteiger partial charge >= 0.3 is 0 Å². The smallest absolute Gasteiger partial charge is 0.183 e. The van der Waals surface area contributed by atoms with Crippen molar-refractivity contribution < 1.29 is 4.39 Å². The summed E-state index contributed by atoms with van der Waals surface area (Å²) in [6.07, 6.45) is 5.97. The molecule has 4 rings (SSSR count). The molecular formula is C16H17FN8. The number of piperazine rings is 1. The van der Waals surface area contributed by atoms with Gasteiger partial charge in [0.25, 0.3) is 0 Å². The molecule has 0 amide bonds. The minimum Gasteiger partial charge on any atom is -0.353 e. The molecule has 4 heterocycles. The predicted octanol–water partition coefficient (Wildman–Crippen LogP) is 1.23. The van der Waals surface area contributed by atoms with Gasteiger partial charge in [-0.1, -0.05) is 0 Å². The third-order valence-corrected chi connectivity index (χ3v) is 4.15. The van der Waals surface area contributed by atoms with E-state index in [0.29, 0.717) is 18.9 Å². The van der Waals surface area contributed by atoms with Crippen molar-refractivity contribution in [3.8, 4) is 5.82 Å². The predicted molar refractivity (Wildman–Crippen MR) is 90.3 cm³/mol. The molecule has 0 unspecified atom stereocenters. The van der Waals surface area contributed by atoms with Gasteiger partial charge < -0.3 is 9.80 Å². The summed E-state index contributed by atoms with van der Waals surface area (Å²) in [5.41, 5.74) is 0.931. The number of anilines is 2. The number of nitrogens with zero attached hydrogens (tertiary/aromatic N) is 8. The lowest BCUT2D eigenvalue weighted by atomic mass is 10.3. The van der Waals surface area contributed by atoms with Gasteiger partial charge in [-0.25, -0.2) is 29.0 Å². The first kappa shape index (κ1) is 15.4. The Morgan fingerprint density at radius 3 is 2.44 bits per heavy atom. The second-order valence-electron chi connectivity index (χ2n) is 5.80. The number of aromatic nitrogens is 6. The zero-order valence-corrected chi connectivity index (χ0v) is 13.7. The van der Waals surface area contributed by atoms with Crippen LogP contribution < -0.4 is 9.80 Å². The zero-order valence-electron chi connectivity index (χ0n) is 13.7. The fraction of sp³-hybridized carbons (Fsp3) is 0.312. The first-order valence-corrected chi connectivity index (χ1v) is 8.01. The maximum atomic E-state index is 13.8. The van der Waals surface area contributed by atoms with Gasteiger partial charge in [-0.3, -0.25) is 0 Å². The number of rotatable bonds is 3. The summed E-state index contributed by atoms with van der Waals surface area (Å²) in [4.78, 5) is 20.5. The minimum absolute atomic E-state index is 0.352. The van der Waals surface area contributed by atoms with Crippen molar-refractivity contribution in [2.75, 3.05) is 36.0 Å². The Balaban J connectivity index is 1.49. The summed E-state index contributed by atoms with van der Waals surface area (Å²) in [6, 6.07) is 3.84. The van der Waals surface area contributed by atoms with Crippen LogP contribution in [0, 0.1) is 12.7 Å². The van der Waals surface area contributed by atoms with E-state index in [2.05, 4.69) is 29.9 Å². The Hall–Kier alpha value is -3.10. The zero-order chi connectivity index (χ0) is 17.2. The Morgan fingerprint density at radius 1 is 0.960 bits per heavy atom. The molecular weight excluding hydrogens is 323 g/mol. The van der Waals surface area contributed by atoms with Crippen LogP contribution in [0.2, 0.25) is 0 Å². The largest absolute Gasteiger partial charge is 0.353 e. The van der Waals surface area contributed by atoms with Crippen LogP contribution in [-0.2, 0) is 0 Å². The van der Waals surface area contributed by atoms with Crippen LogP contribution in [0.1, 0.15) is 5.69 Å². The van der Waals surface area contributed by atoms with Crippen molar-refractivity contribution in [3.63, 3.8) is 0 Å². The minimum atomic E-state index is -0.394. The van der Waals surface area contributed by atoms with Crippen molar-refractivity contribution in [1.29, 1.82) is 0 Å². The Morgan fingerprint density at radius 2 is 1.72 bits per heavy atom. The molecule has 1 fully saturated rings. The van der Waals surface area contributed by atoms with Crippen molar-refractivity contribution >= 4 is 11.6 Å². The molecule has 128 valence electrons. The summed E-state index contributed by atoms with van der Waals surface area (Å²) < 4.78 is 15.6. The first-order valence-electron chi connectivity index (χ1n) is 8.01. The van der Waals surface area contributed by atoms with Crippen LogP contribution in [0.5, 0.6) is 0 Å². The fourth-order valence-corrected chi connectivity index (χ4v) is 2.86. The Kier molecular flexibility index (Phi) is 3.96. The van der Waals surface area contributed by atoms with Gasteiger partial charge in [0.15, 0.2) is 17.5 Å². The monoisotopic (exact) mass is 340 g/mol. The van der Waals surface area contributed by atoms with Crippen molar-refractivity contribution in [2.24, 2.45) is 0 Å². The molecule has 0 spiro atoms. The van der Waals surface area contributed by atoms with Gasteiger partial charge in [-0.15, -0.1) is 0 Å². The van der Waals surface area contributed by atoms with Gasteiger partial charge in [0, 0.05) is 38.4 Å². The van der Waals surface area contributed by atoms with E-state index in [1.54, 1.807) is 4.68 Å². The third-order valence-electron chi connectivity index (χ3n) is 4.15. The SMILES string of the molecule is Cc1ccn(-c2cc(N3CCN(c4ncncc4F)CC3)ncn2)n1. The van der Waals surface area contributed by atoms with Crippen LogP contribution in [0.4, 0.5) is 16.0 Å². The van der Waals surface area contributed by atoms with E-state index in [1.807, 2.05) is 30.2 Å². The molecule has 0 N–H and O–H groups in total. The molecule has 3 aromatic heterocycles. The van der Waals surface area contributed by atoms with Crippen molar-refractivity contribution in [2.45, 2.75) is 6.92 Å². The lowest BCUT2D eigenvalue weighted by Gasteiger charge is -2.36. The van der Waals surface area contributed by atoms with Crippen molar-refractivity contribution in [1.82, 2.24) is 29.7 Å². The topological polar surface area (TPSA) is 75.9 Å². The molecule has 0 bridgehead atoms. The van der Waals surface area contributed by atoms with Crippen LogP contribution in [-0.4, -0.2) is 55.9 Å². The van der Waals surface area contributed by atoms with E-state index in [-0.39, 0.29) is 0 Å². The van der Waals surface area contributed by atoms with Gasteiger partial charge in [0.05, 0.1) is 11.9 Å². The molecule has 0 aliphatic carbocycles. The average molecular weight is 340 g/mol. The molecule has 1 aliphatic heterocycles. The molecule has 0 radical (unpaired) electrons. The van der Waals surface area contributed by atoms with Crippen LogP contribution in [0.15, 0.2) is 37.2 Å². The van der Waals surface area contributed by atoms with E-state index in [9.17, 15) is 4.39 Å². The summed E-state index contributed by atoms with van der Waals surface area (Å²) >= 11 is 0. The molecule has 0 saturated carbocycles. The molecule has 9 heteroatoms. The second kappa shape index (κ2) is 6.42. The maximum absolute atomic E-state index is 13.8. The highest BCUT2D eigenvalue weighted by Gasteiger charge is 2.21. The molecule has 8 nitrogen and oxygen atoms in total. The molecule has 3 aromatic rings. The number of hydrogen-bond donors (Lipinski definition) is 0. The summed E-state index contributed by atoms with van der Waals surface area (Å²) in [7, 11) is 0. The number of halogens is 1. The highest BCUT2D eigenvalue weighted by atomic mass is 19.1. The second-order valence-corrected chi connectivity index (χ2v) is 5.80. The van der Waals surface area contributed by atoms with E-state index >= 15 is 0 Å². The first-order chi connectivity index (χ1) is 12.2. The highest BCUT2D eigenvalue weighted by Crippen LogP contribution is 2.20. The lowest BCUT2D eigenvalue weighted by Crippen LogP contribution is -2.47. The van der Waals surface area contributed by atoms with Crippen LogP contribution >= 0.6 is 0 Å². The fourth-order valence-electron chi connectivity index (χ4n) is 2.86. The van der Waals surface area contributed by atoms with Crippen molar-refractivity contribution in [3.05, 3.63) is 48.7 Å². The molecule has 0 aromatic carbocycles. The van der Waals surface area contributed by atoms with E-state index in [0.717, 1.165) is 30.4 Å². The lowest BCUT2D eigenvalue weighted by molar-refractivity contribution is 0.581. The third kappa shape index (κ3) is 3.12. The maximum Gasteiger partial charge on any atom is 0.183 e. The number of aryl methyl sites for hydroxylation is 1. The van der Waals surface area contributed by atoms with E-state index < -0.39 is 5.82 Å². The Bertz CT molecular complexity index is 872. The van der Waals surface area contributed by atoms with Crippen LogP contribution in [0.25, 0.3) is 5.82 Å². The molecule has 0 atom stereocenters. The van der Waals surface area contributed by atoms with Gasteiger partial charge in [-0.2, -0.15) is 5.10 Å². The summed E-state index contributed by atoms with van der Waals surface area (Å²) in [6.45, 7) is 4.70. The molecule has 1 aliphatic rings. The summed E-state index contributed by atoms with van der Waals surface area (Å²) in [5.74, 6) is 1.52. The van der Waals surface area contributed by atoms with E-state index in [1.165, 1.54) is 18.9 Å². The normalized spacial score (nSPS) is 14.8. The quantitative estimate of drug-likeness (QED) is 0.710. The molecule has 1 saturated heterocycles. The standard InChI is InChI=1S/C16H17FN8/c1-12-2-3-25(22-12)15-8-14(19-11-20-15)23-4-6-24(7-5-23)16-13(17)9-18-10-21-16/h2-3,8-11H,4-7H2,1H3.